The van der Waals surface area contributed by atoms with Gasteiger partial charge in [-0.1, -0.05) is 30.3 Å². The minimum absolute atomic E-state index is 0.00166. The van der Waals surface area contributed by atoms with Crippen LogP contribution in [-0.4, -0.2) is 21.4 Å². The standard InChI is InChI=1S/C18H20N2O3S/c1-18(2)15-11-14(9-10-16(15)20(3)17(18)21)19-24(22,23)12-13-7-5-4-6-8-13/h4-11,19H,12H2,1-3H3. The first-order chi connectivity index (χ1) is 11.2. The fraction of sp³-hybridized carbons (Fsp3) is 0.278. The Labute approximate surface area is 142 Å². The maximum atomic E-state index is 12.4. The molecular formula is C18H20N2O3S. The lowest BCUT2D eigenvalue weighted by molar-refractivity contribution is -0.121. The van der Waals surface area contributed by atoms with Gasteiger partial charge in [0, 0.05) is 18.4 Å². The molecule has 0 unspecified atom stereocenters. The lowest BCUT2D eigenvalue weighted by Gasteiger charge is -2.17. The molecule has 0 atom stereocenters. The molecule has 0 aliphatic carbocycles. The third-order valence-corrected chi connectivity index (χ3v) is 5.60. The predicted octanol–water partition coefficient (Wildman–Crippen LogP) is 2.88. The highest BCUT2D eigenvalue weighted by Gasteiger charge is 2.42. The molecule has 0 spiro atoms. The smallest absolute Gasteiger partial charge is 0.236 e. The van der Waals surface area contributed by atoms with Gasteiger partial charge in [0.1, 0.15) is 0 Å². The van der Waals surface area contributed by atoms with E-state index in [4.69, 9.17) is 0 Å². The van der Waals surface area contributed by atoms with Crippen LogP contribution in [0.5, 0.6) is 0 Å². The molecular weight excluding hydrogens is 324 g/mol. The zero-order valence-electron chi connectivity index (χ0n) is 13.9. The van der Waals surface area contributed by atoms with Crippen LogP contribution in [0.2, 0.25) is 0 Å². The van der Waals surface area contributed by atoms with Crippen LogP contribution in [0.1, 0.15) is 25.0 Å². The molecule has 1 aliphatic heterocycles. The van der Waals surface area contributed by atoms with Gasteiger partial charge in [-0.15, -0.1) is 0 Å². The number of carbonyl (C=O) groups is 1. The lowest BCUT2D eigenvalue weighted by Crippen LogP contribution is -2.33. The summed E-state index contributed by atoms with van der Waals surface area (Å²) in [4.78, 5) is 13.9. The molecule has 1 heterocycles. The first-order valence-electron chi connectivity index (χ1n) is 7.68. The van der Waals surface area contributed by atoms with E-state index in [1.165, 1.54) is 0 Å². The first kappa shape index (κ1) is 16.5. The Hall–Kier alpha value is -2.34. The molecule has 24 heavy (non-hydrogen) atoms. The number of nitrogens with one attached hydrogen (secondary N) is 1. The van der Waals surface area contributed by atoms with E-state index < -0.39 is 15.4 Å². The third-order valence-electron chi connectivity index (χ3n) is 4.34. The summed E-state index contributed by atoms with van der Waals surface area (Å²) < 4.78 is 27.3. The van der Waals surface area contributed by atoms with Crippen molar-refractivity contribution in [3.63, 3.8) is 0 Å². The minimum atomic E-state index is -3.52. The van der Waals surface area contributed by atoms with Crippen molar-refractivity contribution >= 4 is 27.3 Å². The van der Waals surface area contributed by atoms with Gasteiger partial charge < -0.3 is 4.90 Å². The van der Waals surface area contributed by atoms with Crippen molar-refractivity contribution in [1.29, 1.82) is 0 Å². The second-order valence-corrected chi connectivity index (χ2v) is 8.29. The highest BCUT2D eigenvalue weighted by molar-refractivity contribution is 7.91. The maximum absolute atomic E-state index is 12.4. The monoisotopic (exact) mass is 344 g/mol. The zero-order valence-corrected chi connectivity index (χ0v) is 14.7. The molecule has 0 saturated heterocycles. The number of amides is 1. The SMILES string of the molecule is CN1C(=O)C(C)(C)c2cc(NS(=O)(=O)Cc3ccccc3)ccc21. The van der Waals surface area contributed by atoms with Crippen LogP contribution in [-0.2, 0) is 26.0 Å². The molecule has 2 aromatic rings. The van der Waals surface area contributed by atoms with Crippen molar-refractivity contribution in [2.75, 3.05) is 16.7 Å². The van der Waals surface area contributed by atoms with Gasteiger partial charge in [-0.2, -0.15) is 0 Å². The molecule has 0 bridgehead atoms. The van der Waals surface area contributed by atoms with Crippen molar-refractivity contribution in [3.8, 4) is 0 Å². The molecule has 6 heteroatoms. The van der Waals surface area contributed by atoms with Crippen LogP contribution in [0.4, 0.5) is 11.4 Å². The largest absolute Gasteiger partial charge is 0.314 e. The Morgan fingerprint density at radius 1 is 1.08 bits per heavy atom. The van der Waals surface area contributed by atoms with E-state index in [0.29, 0.717) is 5.69 Å². The van der Waals surface area contributed by atoms with E-state index in [2.05, 4.69) is 4.72 Å². The van der Waals surface area contributed by atoms with Crippen molar-refractivity contribution < 1.29 is 13.2 Å². The summed E-state index contributed by atoms with van der Waals surface area (Å²) in [6.07, 6.45) is 0. The van der Waals surface area contributed by atoms with Crippen molar-refractivity contribution in [1.82, 2.24) is 0 Å². The van der Waals surface area contributed by atoms with Gasteiger partial charge in [0.25, 0.3) is 0 Å². The second-order valence-electron chi connectivity index (χ2n) is 6.57. The van der Waals surface area contributed by atoms with Gasteiger partial charge in [-0.05, 0) is 43.2 Å². The van der Waals surface area contributed by atoms with Crippen LogP contribution in [0.3, 0.4) is 0 Å². The molecule has 1 N–H and O–H groups in total. The first-order valence-corrected chi connectivity index (χ1v) is 9.33. The number of carbonyl (C=O) groups excluding carboxylic acids is 1. The Morgan fingerprint density at radius 2 is 1.75 bits per heavy atom. The van der Waals surface area contributed by atoms with E-state index in [1.54, 1.807) is 42.3 Å². The molecule has 0 aromatic heterocycles. The average molecular weight is 344 g/mol. The van der Waals surface area contributed by atoms with Gasteiger partial charge >= 0.3 is 0 Å². The third kappa shape index (κ3) is 2.89. The Balaban J connectivity index is 1.88. The van der Waals surface area contributed by atoms with E-state index >= 15 is 0 Å². The van der Waals surface area contributed by atoms with E-state index in [1.807, 2.05) is 32.0 Å². The molecule has 2 aromatic carbocycles. The molecule has 5 nitrogen and oxygen atoms in total. The highest BCUT2D eigenvalue weighted by Crippen LogP contribution is 2.42. The van der Waals surface area contributed by atoms with Crippen LogP contribution in [0, 0.1) is 0 Å². The van der Waals surface area contributed by atoms with Crippen LogP contribution >= 0.6 is 0 Å². The Bertz CT molecular complexity index is 890. The number of nitrogens with zero attached hydrogens (tertiary/aromatic N) is 1. The summed E-state index contributed by atoms with van der Waals surface area (Å²) in [5.41, 5.74) is 2.18. The Morgan fingerprint density at radius 3 is 2.42 bits per heavy atom. The molecule has 3 rings (SSSR count). The maximum Gasteiger partial charge on any atom is 0.236 e. The topological polar surface area (TPSA) is 66.5 Å². The summed E-state index contributed by atoms with van der Waals surface area (Å²) in [6, 6.07) is 14.2. The summed E-state index contributed by atoms with van der Waals surface area (Å²) >= 11 is 0. The van der Waals surface area contributed by atoms with Crippen molar-refractivity contribution in [3.05, 3.63) is 59.7 Å². The van der Waals surface area contributed by atoms with Gasteiger partial charge in [-0.3, -0.25) is 9.52 Å². The van der Waals surface area contributed by atoms with Crippen LogP contribution in [0.15, 0.2) is 48.5 Å². The van der Waals surface area contributed by atoms with Crippen LogP contribution in [0.25, 0.3) is 0 Å². The lowest BCUT2D eigenvalue weighted by atomic mass is 9.86. The number of hydrogen-bond donors (Lipinski definition) is 1. The second kappa shape index (κ2) is 5.63. The molecule has 0 radical (unpaired) electrons. The number of hydrogen-bond acceptors (Lipinski definition) is 3. The normalized spacial score (nSPS) is 16.1. The highest BCUT2D eigenvalue weighted by atomic mass is 32.2. The number of sulfonamides is 1. The van der Waals surface area contributed by atoms with E-state index in [-0.39, 0.29) is 11.7 Å². The summed E-state index contributed by atoms with van der Waals surface area (Å²) in [5, 5.41) is 0. The predicted molar refractivity (Wildman–Crippen MR) is 95.6 cm³/mol. The Kier molecular flexibility index (Phi) is 3.87. The van der Waals surface area contributed by atoms with Gasteiger partial charge in [0.2, 0.25) is 15.9 Å². The number of likely N-dealkylation sites (N-methyl/N-ethyl adjacent to an activating group) is 1. The molecule has 1 amide bonds. The van der Waals surface area contributed by atoms with Crippen molar-refractivity contribution in [2.45, 2.75) is 25.0 Å². The zero-order chi connectivity index (χ0) is 17.5. The average Bonchev–Trinajstić information content (AvgIpc) is 2.68. The molecule has 0 fully saturated rings. The van der Waals surface area contributed by atoms with E-state index in [0.717, 1.165) is 16.8 Å². The van der Waals surface area contributed by atoms with Gasteiger partial charge in [0.15, 0.2) is 0 Å². The number of fused-ring (bicyclic) bond motifs is 1. The fourth-order valence-corrected chi connectivity index (χ4v) is 4.24. The van der Waals surface area contributed by atoms with Gasteiger partial charge in [-0.25, -0.2) is 8.42 Å². The number of rotatable bonds is 4. The van der Waals surface area contributed by atoms with E-state index in [9.17, 15) is 13.2 Å². The number of anilines is 2. The molecule has 1 aliphatic rings. The number of benzene rings is 2. The van der Waals surface area contributed by atoms with Crippen molar-refractivity contribution in [2.24, 2.45) is 0 Å². The quantitative estimate of drug-likeness (QED) is 0.927. The fourth-order valence-electron chi connectivity index (χ4n) is 3.05. The van der Waals surface area contributed by atoms with Crippen LogP contribution < -0.4 is 9.62 Å². The summed E-state index contributed by atoms with van der Waals surface area (Å²) in [7, 11) is -1.79. The molecule has 0 saturated carbocycles. The van der Waals surface area contributed by atoms with Gasteiger partial charge in [0.05, 0.1) is 11.2 Å². The minimum Gasteiger partial charge on any atom is -0.314 e. The molecule has 126 valence electrons. The summed E-state index contributed by atoms with van der Waals surface area (Å²) in [6.45, 7) is 3.69. The summed E-state index contributed by atoms with van der Waals surface area (Å²) in [5.74, 6) is -0.0885.